The van der Waals surface area contributed by atoms with Crippen LogP contribution in [0, 0.1) is 13.8 Å². The van der Waals surface area contributed by atoms with Gasteiger partial charge in [-0.3, -0.25) is 9.59 Å². The fourth-order valence-electron chi connectivity index (χ4n) is 2.68. The number of hydrogen-bond acceptors (Lipinski definition) is 4. The predicted molar refractivity (Wildman–Crippen MR) is 126 cm³/mol. The van der Waals surface area contributed by atoms with Gasteiger partial charge in [-0.25, -0.2) is 5.43 Å². The molecule has 0 aromatic heterocycles. The molecule has 0 saturated carbocycles. The molecular weight excluding hydrogens is 458 g/mol. The van der Waals surface area contributed by atoms with Gasteiger partial charge in [-0.05, 0) is 79.1 Å². The molecule has 0 radical (unpaired) electrons. The van der Waals surface area contributed by atoms with Crippen LogP contribution in [0.15, 0.2) is 76.3 Å². The number of rotatable bonds is 7. The Balaban J connectivity index is 1.51. The smallest absolute Gasteiger partial charge is 0.271 e. The summed E-state index contributed by atoms with van der Waals surface area (Å²) in [5.41, 5.74) is 6.73. The summed E-state index contributed by atoms with van der Waals surface area (Å²) in [5.74, 6) is -0.0262. The molecule has 2 N–H and O–H groups in total. The lowest BCUT2D eigenvalue weighted by molar-refractivity contribution is -0.118. The maximum Gasteiger partial charge on any atom is 0.271 e. The summed E-state index contributed by atoms with van der Waals surface area (Å²) in [4.78, 5) is 24.2. The molecular formula is C24H22BrN3O3. The molecule has 0 unspecified atom stereocenters. The molecule has 2 amide bonds. The van der Waals surface area contributed by atoms with Gasteiger partial charge in [0.1, 0.15) is 5.75 Å². The number of hydrogen-bond donors (Lipinski definition) is 2. The number of carbonyl (C=O) groups excluding carboxylic acids is 2. The number of ether oxygens (including phenoxy) is 1. The molecule has 0 atom stereocenters. The zero-order valence-electron chi connectivity index (χ0n) is 17.2. The molecule has 7 heteroatoms. The van der Waals surface area contributed by atoms with Crippen molar-refractivity contribution >= 4 is 39.6 Å². The van der Waals surface area contributed by atoms with Crippen LogP contribution in [-0.2, 0) is 4.79 Å². The largest absolute Gasteiger partial charge is 0.484 e. The van der Waals surface area contributed by atoms with Gasteiger partial charge in [0, 0.05) is 15.7 Å². The van der Waals surface area contributed by atoms with E-state index in [2.05, 4.69) is 31.8 Å². The number of hydrazone groups is 1. The number of benzene rings is 3. The van der Waals surface area contributed by atoms with Crippen molar-refractivity contribution in [3.05, 3.63) is 93.5 Å². The maximum absolute atomic E-state index is 12.2. The zero-order chi connectivity index (χ0) is 22.2. The molecule has 3 rings (SSSR count). The van der Waals surface area contributed by atoms with Crippen LogP contribution in [0.1, 0.15) is 27.0 Å². The van der Waals surface area contributed by atoms with E-state index >= 15 is 0 Å². The summed E-state index contributed by atoms with van der Waals surface area (Å²) in [5, 5.41) is 6.80. The Hall–Kier alpha value is -3.45. The van der Waals surface area contributed by atoms with Gasteiger partial charge in [0.25, 0.3) is 11.8 Å². The highest BCUT2D eigenvalue weighted by molar-refractivity contribution is 9.10. The number of carbonyl (C=O) groups is 2. The highest BCUT2D eigenvalue weighted by Crippen LogP contribution is 2.15. The number of anilines is 1. The molecule has 0 spiro atoms. The summed E-state index contributed by atoms with van der Waals surface area (Å²) in [6.45, 7) is 3.90. The number of amides is 2. The lowest BCUT2D eigenvalue weighted by Crippen LogP contribution is -2.20. The molecule has 3 aromatic carbocycles. The van der Waals surface area contributed by atoms with E-state index in [-0.39, 0.29) is 18.4 Å². The van der Waals surface area contributed by atoms with Crippen molar-refractivity contribution in [3.63, 3.8) is 0 Å². The topological polar surface area (TPSA) is 79.8 Å². The molecule has 0 fully saturated rings. The van der Waals surface area contributed by atoms with Gasteiger partial charge < -0.3 is 10.1 Å². The third-order valence-corrected chi connectivity index (χ3v) is 5.03. The van der Waals surface area contributed by atoms with Gasteiger partial charge in [-0.1, -0.05) is 34.1 Å². The summed E-state index contributed by atoms with van der Waals surface area (Å²) < 4.78 is 6.47. The molecule has 0 aliphatic heterocycles. The molecule has 6 nitrogen and oxygen atoms in total. The first-order valence-electron chi connectivity index (χ1n) is 9.59. The Bertz CT molecular complexity index is 1110. The van der Waals surface area contributed by atoms with Crippen molar-refractivity contribution in [3.8, 4) is 5.75 Å². The second-order valence-corrected chi connectivity index (χ2v) is 7.83. The van der Waals surface area contributed by atoms with E-state index in [0.29, 0.717) is 11.3 Å². The number of aryl methyl sites for hydroxylation is 2. The third-order valence-electron chi connectivity index (χ3n) is 4.50. The van der Waals surface area contributed by atoms with E-state index in [1.54, 1.807) is 42.5 Å². The highest BCUT2D eigenvalue weighted by Gasteiger charge is 2.06. The normalized spacial score (nSPS) is 10.7. The molecule has 0 aliphatic rings. The number of nitrogens with one attached hydrogen (secondary N) is 2. The Morgan fingerprint density at radius 2 is 1.77 bits per heavy atom. The Labute approximate surface area is 189 Å². The molecule has 31 heavy (non-hydrogen) atoms. The fraction of sp³-hybridized carbons (Fsp3) is 0.125. The summed E-state index contributed by atoms with van der Waals surface area (Å²) >= 11 is 3.33. The van der Waals surface area contributed by atoms with Gasteiger partial charge in [0.15, 0.2) is 6.61 Å². The zero-order valence-corrected chi connectivity index (χ0v) is 18.8. The second kappa shape index (κ2) is 10.5. The minimum atomic E-state index is -0.306. The van der Waals surface area contributed by atoms with Crippen LogP contribution >= 0.6 is 15.9 Å². The maximum atomic E-state index is 12.2. The number of nitrogens with zero attached hydrogens (tertiary/aromatic N) is 1. The van der Waals surface area contributed by atoms with E-state index in [9.17, 15) is 9.59 Å². The average Bonchev–Trinajstić information content (AvgIpc) is 2.75. The first kappa shape index (κ1) is 22.2. The summed E-state index contributed by atoms with van der Waals surface area (Å²) in [6.07, 6.45) is 1.51. The van der Waals surface area contributed by atoms with Crippen LogP contribution in [0.5, 0.6) is 5.75 Å². The quantitative estimate of drug-likeness (QED) is 0.375. The van der Waals surface area contributed by atoms with Crippen LogP contribution in [0.4, 0.5) is 5.69 Å². The molecule has 0 bridgehead atoms. The standard InChI is InChI=1S/C24H22BrN3O3/c1-16-6-11-21(12-17(16)2)27-23(29)15-31-22-5-3-4-18(13-22)14-26-28-24(30)19-7-9-20(25)10-8-19/h3-14H,15H2,1-2H3,(H,27,29)(H,28,30)/b26-14+. The van der Waals surface area contributed by atoms with Crippen molar-refractivity contribution in [1.29, 1.82) is 0 Å². The Morgan fingerprint density at radius 3 is 2.52 bits per heavy atom. The van der Waals surface area contributed by atoms with Crippen LogP contribution in [-0.4, -0.2) is 24.6 Å². The van der Waals surface area contributed by atoms with E-state index in [1.165, 1.54) is 11.8 Å². The predicted octanol–water partition coefficient (Wildman–Crippen LogP) is 4.85. The third kappa shape index (κ3) is 6.79. The minimum Gasteiger partial charge on any atom is -0.484 e. The van der Waals surface area contributed by atoms with Crippen molar-refractivity contribution in [2.45, 2.75) is 13.8 Å². The van der Waals surface area contributed by atoms with E-state index < -0.39 is 0 Å². The van der Waals surface area contributed by atoms with E-state index in [0.717, 1.165) is 21.3 Å². The summed E-state index contributed by atoms with van der Waals surface area (Å²) in [6, 6.07) is 19.8. The number of halogens is 1. The minimum absolute atomic E-state index is 0.117. The monoisotopic (exact) mass is 479 g/mol. The van der Waals surface area contributed by atoms with Crippen LogP contribution in [0.25, 0.3) is 0 Å². The first-order valence-corrected chi connectivity index (χ1v) is 10.4. The lowest BCUT2D eigenvalue weighted by atomic mass is 10.1. The van der Waals surface area contributed by atoms with Crippen molar-refractivity contribution < 1.29 is 14.3 Å². The Morgan fingerprint density at radius 1 is 1.00 bits per heavy atom. The van der Waals surface area contributed by atoms with Gasteiger partial charge in [0.05, 0.1) is 6.21 Å². The molecule has 158 valence electrons. The van der Waals surface area contributed by atoms with Gasteiger partial charge in [-0.2, -0.15) is 5.10 Å². The average molecular weight is 480 g/mol. The van der Waals surface area contributed by atoms with Crippen LogP contribution in [0.2, 0.25) is 0 Å². The van der Waals surface area contributed by atoms with E-state index in [1.807, 2.05) is 38.1 Å². The van der Waals surface area contributed by atoms with Crippen LogP contribution < -0.4 is 15.5 Å². The Kier molecular flexibility index (Phi) is 7.56. The van der Waals surface area contributed by atoms with Crippen molar-refractivity contribution in [2.24, 2.45) is 5.10 Å². The molecule has 3 aromatic rings. The van der Waals surface area contributed by atoms with Gasteiger partial charge in [-0.15, -0.1) is 0 Å². The van der Waals surface area contributed by atoms with E-state index in [4.69, 9.17) is 4.74 Å². The van der Waals surface area contributed by atoms with Crippen molar-refractivity contribution in [1.82, 2.24) is 5.43 Å². The summed E-state index contributed by atoms with van der Waals surface area (Å²) in [7, 11) is 0. The molecule has 0 heterocycles. The van der Waals surface area contributed by atoms with Gasteiger partial charge >= 0.3 is 0 Å². The first-order chi connectivity index (χ1) is 14.9. The second-order valence-electron chi connectivity index (χ2n) is 6.91. The highest BCUT2D eigenvalue weighted by atomic mass is 79.9. The molecule has 0 aliphatic carbocycles. The fourth-order valence-corrected chi connectivity index (χ4v) is 2.95. The molecule has 0 saturated heterocycles. The SMILES string of the molecule is Cc1ccc(NC(=O)COc2cccc(/C=N/NC(=O)c3ccc(Br)cc3)c2)cc1C. The lowest BCUT2D eigenvalue weighted by Gasteiger charge is -2.09. The van der Waals surface area contributed by atoms with Gasteiger partial charge in [0.2, 0.25) is 0 Å². The van der Waals surface area contributed by atoms with Crippen LogP contribution in [0.3, 0.4) is 0 Å². The van der Waals surface area contributed by atoms with Crippen molar-refractivity contribution in [2.75, 3.05) is 11.9 Å².